The molecule has 1 aliphatic rings. The number of hydrogen-bond donors (Lipinski definition) is 1. The van der Waals surface area contributed by atoms with Crippen molar-refractivity contribution in [2.75, 3.05) is 13.1 Å². The third-order valence-corrected chi connectivity index (χ3v) is 5.47. The van der Waals surface area contributed by atoms with Crippen molar-refractivity contribution in [3.63, 3.8) is 0 Å². The van der Waals surface area contributed by atoms with Gasteiger partial charge in [0, 0.05) is 22.2 Å². The average molecular weight is 281 g/mol. The smallest absolute Gasteiger partial charge is 0.255 e. The van der Waals surface area contributed by atoms with Gasteiger partial charge in [0.1, 0.15) is 0 Å². The van der Waals surface area contributed by atoms with Crippen LogP contribution >= 0.6 is 11.3 Å². The van der Waals surface area contributed by atoms with Gasteiger partial charge < -0.3 is 10.0 Å². The molecule has 2 rings (SSSR count). The standard InChI is InChI=1S/C15H23NO2S/c1-6-11-10(2)19-7-12(11)13(17)16-8-14(3,4)15(5,18)9-16/h7,18H,6,8-9H2,1-5H3/t15-/m1/s1. The Kier molecular flexibility index (Phi) is 3.52. The van der Waals surface area contributed by atoms with Crippen LogP contribution in [0.3, 0.4) is 0 Å². The Morgan fingerprint density at radius 2 is 2.05 bits per heavy atom. The minimum Gasteiger partial charge on any atom is -0.388 e. The normalized spacial score (nSPS) is 25.9. The third-order valence-electron chi connectivity index (χ3n) is 4.52. The molecule has 4 heteroatoms. The van der Waals surface area contributed by atoms with Crippen LogP contribution in [-0.4, -0.2) is 34.6 Å². The molecule has 0 saturated carbocycles. The van der Waals surface area contributed by atoms with Gasteiger partial charge in [0.25, 0.3) is 5.91 Å². The monoisotopic (exact) mass is 281 g/mol. The van der Waals surface area contributed by atoms with Gasteiger partial charge >= 0.3 is 0 Å². The summed E-state index contributed by atoms with van der Waals surface area (Å²) in [7, 11) is 0. The lowest BCUT2D eigenvalue weighted by atomic mass is 9.79. The zero-order valence-electron chi connectivity index (χ0n) is 12.4. The van der Waals surface area contributed by atoms with Crippen molar-refractivity contribution in [3.8, 4) is 0 Å². The molecule has 0 unspecified atom stereocenters. The fraction of sp³-hybridized carbons (Fsp3) is 0.667. The summed E-state index contributed by atoms with van der Waals surface area (Å²) in [6.07, 6.45) is 0.879. The average Bonchev–Trinajstić information content (AvgIpc) is 2.76. The highest BCUT2D eigenvalue weighted by Gasteiger charge is 2.49. The first kappa shape index (κ1) is 14.5. The van der Waals surface area contributed by atoms with E-state index in [1.807, 2.05) is 26.2 Å². The number of β-amino-alcohol motifs (C(OH)–C–C–N with tert-alkyl or cyclic N) is 1. The molecule has 106 valence electrons. The van der Waals surface area contributed by atoms with Gasteiger partial charge in [0.15, 0.2) is 0 Å². The second-order valence-corrected chi connectivity index (χ2v) is 7.44. The maximum atomic E-state index is 12.6. The van der Waals surface area contributed by atoms with Crippen LogP contribution in [0.15, 0.2) is 5.38 Å². The second-order valence-electron chi connectivity index (χ2n) is 6.36. The number of amides is 1. The number of hydrogen-bond acceptors (Lipinski definition) is 3. The van der Waals surface area contributed by atoms with Gasteiger partial charge in [-0.15, -0.1) is 11.3 Å². The number of thiophene rings is 1. The van der Waals surface area contributed by atoms with Crippen LogP contribution in [0.5, 0.6) is 0 Å². The summed E-state index contributed by atoms with van der Waals surface area (Å²) < 4.78 is 0. The summed E-state index contributed by atoms with van der Waals surface area (Å²) in [5.74, 6) is 0.0621. The van der Waals surface area contributed by atoms with E-state index in [0.717, 1.165) is 17.5 Å². The first-order valence-electron chi connectivity index (χ1n) is 6.78. The first-order valence-corrected chi connectivity index (χ1v) is 7.66. The Morgan fingerprint density at radius 1 is 1.42 bits per heavy atom. The molecule has 1 saturated heterocycles. The number of aliphatic hydroxyl groups is 1. The van der Waals surface area contributed by atoms with E-state index in [0.29, 0.717) is 13.1 Å². The molecule has 19 heavy (non-hydrogen) atoms. The van der Waals surface area contributed by atoms with Crippen LogP contribution in [0, 0.1) is 12.3 Å². The van der Waals surface area contributed by atoms with Crippen molar-refractivity contribution in [2.45, 2.75) is 46.6 Å². The van der Waals surface area contributed by atoms with Crippen molar-refractivity contribution in [3.05, 3.63) is 21.4 Å². The molecule has 1 aliphatic heterocycles. The molecular weight excluding hydrogens is 258 g/mol. The molecule has 2 heterocycles. The lowest BCUT2D eigenvalue weighted by Gasteiger charge is -2.30. The van der Waals surface area contributed by atoms with Gasteiger partial charge in [-0.05, 0) is 25.8 Å². The summed E-state index contributed by atoms with van der Waals surface area (Å²) in [6.45, 7) is 11.0. The van der Waals surface area contributed by atoms with Crippen molar-refractivity contribution < 1.29 is 9.90 Å². The number of carbonyl (C=O) groups is 1. The van der Waals surface area contributed by atoms with Gasteiger partial charge in [-0.1, -0.05) is 20.8 Å². The first-order chi connectivity index (χ1) is 8.69. The molecule has 0 bridgehead atoms. The van der Waals surface area contributed by atoms with Crippen LogP contribution in [0.1, 0.15) is 48.5 Å². The lowest BCUT2D eigenvalue weighted by Crippen LogP contribution is -2.40. The summed E-state index contributed by atoms with van der Waals surface area (Å²) in [5, 5.41) is 12.4. The highest BCUT2D eigenvalue weighted by atomic mass is 32.1. The molecule has 3 nitrogen and oxygen atoms in total. The summed E-state index contributed by atoms with van der Waals surface area (Å²) in [4.78, 5) is 15.6. The van der Waals surface area contributed by atoms with Gasteiger partial charge in [0.05, 0.1) is 17.7 Å². The van der Waals surface area contributed by atoms with E-state index in [9.17, 15) is 9.90 Å². The zero-order chi connectivity index (χ0) is 14.4. The fourth-order valence-corrected chi connectivity index (χ4v) is 3.64. The van der Waals surface area contributed by atoms with E-state index in [2.05, 4.69) is 13.8 Å². The molecule has 0 aromatic carbocycles. The second kappa shape index (κ2) is 4.60. The summed E-state index contributed by atoms with van der Waals surface area (Å²) in [5.41, 5.74) is 0.887. The topological polar surface area (TPSA) is 40.5 Å². The maximum Gasteiger partial charge on any atom is 0.255 e. The molecule has 0 spiro atoms. The van der Waals surface area contributed by atoms with Gasteiger partial charge in [-0.25, -0.2) is 0 Å². The van der Waals surface area contributed by atoms with Crippen molar-refractivity contribution >= 4 is 17.2 Å². The van der Waals surface area contributed by atoms with Crippen molar-refractivity contribution in [1.29, 1.82) is 0 Å². The molecule has 0 aliphatic carbocycles. The Balaban J connectivity index is 2.27. The third kappa shape index (κ3) is 2.32. The van der Waals surface area contributed by atoms with Crippen molar-refractivity contribution in [1.82, 2.24) is 4.90 Å². The summed E-state index contributed by atoms with van der Waals surface area (Å²) >= 11 is 1.63. The van der Waals surface area contributed by atoms with Crippen LogP contribution in [0.2, 0.25) is 0 Å². The van der Waals surface area contributed by atoms with Gasteiger partial charge in [-0.3, -0.25) is 4.79 Å². The molecule has 1 atom stereocenters. The number of rotatable bonds is 2. The number of likely N-dealkylation sites (tertiary alicyclic amines) is 1. The molecule has 1 N–H and O–H groups in total. The maximum absolute atomic E-state index is 12.6. The van der Waals surface area contributed by atoms with E-state index in [-0.39, 0.29) is 11.3 Å². The lowest BCUT2D eigenvalue weighted by molar-refractivity contribution is -0.0108. The highest BCUT2D eigenvalue weighted by molar-refractivity contribution is 7.10. The van der Waals surface area contributed by atoms with Crippen LogP contribution in [-0.2, 0) is 6.42 Å². The van der Waals surface area contributed by atoms with Gasteiger partial charge in [-0.2, -0.15) is 0 Å². The summed E-state index contributed by atoms with van der Waals surface area (Å²) in [6, 6.07) is 0. The van der Waals surface area contributed by atoms with Gasteiger partial charge in [0.2, 0.25) is 0 Å². The number of aryl methyl sites for hydroxylation is 1. The molecular formula is C15H23NO2S. The molecule has 1 aromatic heterocycles. The predicted molar refractivity (Wildman–Crippen MR) is 78.7 cm³/mol. The molecule has 1 aromatic rings. The van der Waals surface area contributed by atoms with Crippen LogP contribution in [0.25, 0.3) is 0 Å². The van der Waals surface area contributed by atoms with E-state index >= 15 is 0 Å². The van der Waals surface area contributed by atoms with Crippen LogP contribution < -0.4 is 0 Å². The minimum atomic E-state index is -0.819. The Morgan fingerprint density at radius 3 is 2.53 bits per heavy atom. The quantitative estimate of drug-likeness (QED) is 0.905. The van der Waals surface area contributed by atoms with Crippen molar-refractivity contribution in [2.24, 2.45) is 5.41 Å². The zero-order valence-corrected chi connectivity index (χ0v) is 13.2. The molecule has 1 amide bonds. The largest absolute Gasteiger partial charge is 0.388 e. The molecule has 0 radical (unpaired) electrons. The van der Waals surface area contributed by atoms with Crippen LogP contribution in [0.4, 0.5) is 0 Å². The van der Waals surface area contributed by atoms with E-state index in [1.54, 1.807) is 16.2 Å². The fourth-order valence-electron chi connectivity index (χ4n) is 2.70. The number of nitrogens with zero attached hydrogens (tertiary/aromatic N) is 1. The van der Waals surface area contributed by atoms with E-state index in [4.69, 9.17) is 0 Å². The minimum absolute atomic E-state index is 0.0621. The highest BCUT2D eigenvalue weighted by Crippen LogP contribution is 2.39. The Bertz CT molecular complexity index is 486. The predicted octanol–water partition coefficient (Wildman–Crippen LogP) is 2.85. The van der Waals surface area contributed by atoms with E-state index in [1.165, 1.54) is 4.88 Å². The molecule has 1 fully saturated rings. The Hall–Kier alpha value is -0.870. The number of carbonyl (C=O) groups excluding carboxylic acids is 1. The van der Waals surface area contributed by atoms with E-state index < -0.39 is 5.60 Å². The Labute approximate surface area is 119 Å². The SMILES string of the molecule is CCc1c(C(=O)N2CC(C)(C)[C@](C)(O)C2)csc1C.